The number of rotatable bonds is 4. The van der Waals surface area contributed by atoms with E-state index >= 15 is 0 Å². The van der Waals surface area contributed by atoms with Crippen molar-refractivity contribution in [3.8, 4) is 5.75 Å². The summed E-state index contributed by atoms with van der Waals surface area (Å²) in [5.74, 6) is 0.218. The summed E-state index contributed by atoms with van der Waals surface area (Å²) < 4.78 is 0. The number of para-hydroxylation sites is 1. The molecule has 1 aliphatic rings. The van der Waals surface area contributed by atoms with E-state index in [0.29, 0.717) is 16.1 Å². The lowest BCUT2D eigenvalue weighted by Crippen LogP contribution is -2.16. The second kappa shape index (κ2) is 8.89. The van der Waals surface area contributed by atoms with Crippen molar-refractivity contribution >= 4 is 23.7 Å². The molecule has 3 aromatic carbocycles. The Kier molecular flexibility index (Phi) is 5.88. The minimum absolute atomic E-state index is 0.218. The van der Waals surface area contributed by atoms with Crippen molar-refractivity contribution in [2.75, 3.05) is 0 Å². The monoisotopic (exact) mass is 386 g/mol. The smallest absolute Gasteiger partial charge is 0.124 e. The maximum Gasteiger partial charge on any atom is 0.124 e. The molecule has 1 N–H and O–H groups in total. The molecule has 4 rings (SSSR count). The molecule has 28 heavy (non-hydrogen) atoms. The quantitative estimate of drug-likeness (QED) is 0.430. The second-order valence-corrected chi connectivity index (χ2v) is 8.22. The normalized spacial score (nSPS) is 21.2. The van der Waals surface area contributed by atoms with E-state index in [9.17, 15) is 5.11 Å². The van der Waals surface area contributed by atoms with Crippen LogP contribution in [-0.4, -0.2) is 17.0 Å². The predicted molar refractivity (Wildman–Crippen MR) is 118 cm³/mol. The van der Waals surface area contributed by atoms with E-state index in [4.69, 9.17) is 0 Å². The van der Waals surface area contributed by atoms with Crippen LogP contribution in [0.2, 0.25) is 0 Å². The minimum Gasteiger partial charge on any atom is -0.507 e. The Bertz CT molecular complexity index is 921. The van der Waals surface area contributed by atoms with Crippen molar-refractivity contribution in [1.29, 1.82) is 0 Å². The van der Waals surface area contributed by atoms with Crippen LogP contribution in [0.15, 0.2) is 95.1 Å². The van der Waals surface area contributed by atoms with Gasteiger partial charge in [0.1, 0.15) is 5.75 Å². The van der Waals surface area contributed by atoms with Crippen LogP contribution in [0.25, 0.3) is 0 Å². The number of hydrogen-bond donors (Lipinski definition) is 1. The van der Waals surface area contributed by atoms with E-state index in [2.05, 4.69) is 70.9 Å². The summed E-state index contributed by atoms with van der Waals surface area (Å²) in [4.78, 5) is 0. The molecule has 0 amide bonds. The van der Waals surface area contributed by atoms with Gasteiger partial charge in [-0.3, -0.25) is 0 Å². The van der Waals surface area contributed by atoms with Gasteiger partial charge in [0.05, 0.1) is 6.21 Å². The molecule has 0 bridgehead atoms. The van der Waals surface area contributed by atoms with Gasteiger partial charge in [0.25, 0.3) is 0 Å². The first kappa shape index (κ1) is 18.5. The fourth-order valence-corrected chi connectivity index (χ4v) is 4.99. The third kappa shape index (κ3) is 4.52. The predicted octanol–water partition coefficient (Wildman–Crippen LogP) is 6.18. The van der Waals surface area contributed by atoms with Gasteiger partial charge >= 0.3 is 0 Å². The average molecular weight is 387 g/mol. The summed E-state index contributed by atoms with van der Waals surface area (Å²) in [7, 11) is 0. The van der Waals surface area contributed by atoms with Crippen molar-refractivity contribution < 1.29 is 5.11 Å². The van der Waals surface area contributed by atoms with E-state index in [1.807, 2.05) is 23.9 Å². The minimum atomic E-state index is 0.218. The summed E-state index contributed by atoms with van der Waals surface area (Å²) >= 11 is 2.00. The highest BCUT2D eigenvalue weighted by molar-refractivity contribution is 7.99. The molecule has 4 heteroatoms. The molecular weight excluding hydrogens is 364 g/mol. The molecule has 3 aromatic rings. The van der Waals surface area contributed by atoms with Crippen molar-refractivity contribution in [1.82, 2.24) is 0 Å². The SMILES string of the molecule is Oc1ccccc1/C=N/N=C1C[C@@H](c2ccccc2)S[C@@H](c2ccccc2)C1. The lowest BCUT2D eigenvalue weighted by molar-refractivity contribution is 0.474. The average Bonchev–Trinajstić information content (AvgIpc) is 2.76. The van der Waals surface area contributed by atoms with Crippen LogP contribution in [0.1, 0.15) is 40.0 Å². The van der Waals surface area contributed by atoms with Gasteiger partial charge in [0, 0.05) is 34.6 Å². The number of thioether (sulfide) groups is 1. The van der Waals surface area contributed by atoms with Crippen molar-refractivity contribution in [2.45, 2.75) is 23.3 Å². The Hall–Kier alpha value is -2.85. The second-order valence-electron chi connectivity index (χ2n) is 6.81. The Morgan fingerprint density at radius 3 is 1.86 bits per heavy atom. The number of aromatic hydroxyl groups is 1. The van der Waals surface area contributed by atoms with Gasteiger partial charge in [0.15, 0.2) is 0 Å². The third-order valence-corrected chi connectivity index (χ3v) is 6.38. The van der Waals surface area contributed by atoms with Gasteiger partial charge in [0.2, 0.25) is 0 Å². The number of phenols is 1. The molecule has 0 aliphatic carbocycles. The Morgan fingerprint density at radius 1 is 0.750 bits per heavy atom. The van der Waals surface area contributed by atoms with E-state index in [0.717, 1.165) is 18.6 Å². The zero-order valence-corrected chi connectivity index (χ0v) is 16.3. The zero-order valence-electron chi connectivity index (χ0n) is 15.5. The standard InChI is InChI=1S/C24H22N2OS/c27-22-14-8-7-13-20(22)17-25-26-21-15-23(18-9-3-1-4-10-18)28-24(16-21)19-11-5-2-6-12-19/h1-14,17,23-24,27H,15-16H2/b25-17+,26-21?/t23-,24+. The van der Waals surface area contributed by atoms with Gasteiger partial charge in [-0.25, -0.2) is 0 Å². The molecule has 140 valence electrons. The summed E-state index contributed by atoms with van der Waals surface area (Å²) in [6.07, 6.45) is 3.39. The van der Waals surface area contributed by atoms with Crippen LogP contribution in [-0.2, 0) is 0 Å². The lowest BCUT2D eigenvalue weighted by Gasteiger charge is -2.30. The summed E-state index contributed by atoms with van der Waals surface area (Å²) in [5.41, 5.74) is 4.42. The molecule has 1 heterocycles. The Balaban J connectivity index is 1.59. The molecule has 2 atom stereocenters. The first-order valence-corrected chi connectivity index (χ1v) is 10.4. The third-order valence-electron chi connectivity index (χ3n) is 4.85. The fourth-order valence-electron chi connectivity index (χ4n) is 3.39. The first-order valence-electron chi connectivity index (χ1n) is 9.42. The largest absolute Gasteiger partial charge is 0.507 e. The van der Waals surface area contributed by atoms with Crippen molar-refractivity contribution in [3.63, 3.8) is 0 Å². The van der Waals surface area contributed by atoms with Crippen LogP contribution in [0, 0.1) is 0 Å². The number of phenolic OH excluding ortho intramolecular Hbond substituents is 1. The van der Waals surface area contributed by atoms with Crippen LogP contribution < -0.4 is 0 Å². The lowest BCUT2D eigenvalue weighted by atomic mass is 10.00. The van der Waals surface area contributed by atoms with Crippen molar-refractivity contribution in [2.24, 2.45) is 10.2 Å². The maximum absolute atomic E-state index is 9.89. The number of nitrogens with zero attached hydrogens (tertiary/aromatic N) is 2. The summed E-state index contributed by atoms with van der Waals surface area (Å²) in [6, 6.07) is 28.4. The number of hydrogen-bond acceptors (Lipinski definition) is 4. The van der Waals surface area contributed by atoms with Gasteiger partial charge in [-0.1, -0.05) is 72.8 Å². The van der Waals surface area contributed by atoms with E-state index < -0.39 is 0 Å². The molecule has 0 radical (unpaired) electrons. The fraction of sp³-hybridized carbons (Fsp3) is 0.167. The Labute approximate surface area is 169 Å². The van der Waals surface area contributed by atoms with Gasteiger partial charge in [-0.15, -0.1) is 11.8 Å². The Morgan fingerprint density at radius 2 is 1.29 bits per heavy atom. The highest BCUT2D eigenvalue weighted by Gasteiger charge is 2.28. The van der Waals surface area contributed by atoms with E-state index in [-0.39, 0.29) is 5.75 Å². The molecule has 1 fully saturated rings. The molecule has 0 spiro atoms. The topological polar surface area (TPSA) is 45.0 Å². The van der Waals surface area contributed by atoms with Gasteiger partial charge in [-0.2, -0.15) is 10.2 Å². The van der Waals surface area contributed by atoms with Crippen LogP contribution >= 0.6 is 11.8 Å². The molecule has 0 unspecified atom stereocenters. The van der Waals surface area contributed by atoms with Gasteiger partial charge < -0.3 is 5.11 Å². The first-order chi connectivity index (χ1) is 13.8. The maximum atomic E-state index is 9.89. The van der Waals surface area contributed by atoms with E-state index in [1.165, 1.54) is 11.1 Å². The molecule has 0 saturated carbocycles. The van der Waals surface area contributed by atoms with Crippen molar-refractivity contribution in [3.05, 3.63) is 102 Å². The van der Waals surface area contributed by atoms with Crippen LogP contribution in [0.3, 0.4) is 0 Å². The van der Waals surface area contributed by atoms with Gasteiger partial charge in [-0.05, 0) is 23.3 Å². The highest BCUT2D eigenvalue weighted by Crippen LogP contribution is 2.49. The molecular formula is C24H22N2OS. The molecule has 0 aromatic heterocycles. The zero-order chi connectivity index (χ0) is 19.2. The van der Waals surface area contributed by atoms with Crippen LogP contribution in [0.4, 0.5) is 0 Å². The molecule has 1 saturated heterocycles. The summed E-state index contributed by atoms with van der Waals surface area (Å²) in [6.45, 7) is 0. The van der Waals surface area contributed by atoms with Crippen LogP contribution in [0.5, 0.6) is 5.75 Å². The number of benzene rings is 3. The molecule has 1 aliphatic heterocycles. The van der Waals surface area contributed by atoms with E-state index in [1.54, 1.807) is 18.3 Å². The molecule has 3 nitrogen and oxygen atoms in total. The highest BCUT2D eigenvalue weighted by atomic mass is 32.2. The summed E-state index contributed by atoms with van der Waals surface area (Å²) in [5, 5.41) is 19.4.